The van der Waals surface area contributed by atoms with Crippen LogP contribution in [0.3, 0.4) is 0 Å². The van der Waals surface area contributed by atoms with Gasteiger partial charge in [0, 0.05) is 32.0 Å². The van der Waals surface area contributed by atoms with Gasteiger partial charge in [0.15, 0.2) is 11.5 Å². The molecule has 0 bridgehead atoms. The average Bonchev–Trinajstić information content (AvgIpc) is 2.54. The van der Waals surface area contributed by atoms with Crippen LogP contribution in [0.1, 0.15) is 39.2 Å². The van der Waals surface area contributed by atoms with Crippen LogP contribution in [0.15, 0.2) is 18.2 Å². The minimum atomic E-state index is -0.486. The van der Waals surface area contributed by atoms with Gasteiger partial charge in [0.2, 0.25) is 0 Å². The van der Waals surface area contributed by atoms with E-state index in [0.717, 1.165) is 12.8 Å². The Kier molecular flexibility index (Phi) is 5.55. The van der Waals surface area contributed by atoms with Crippen LogP contribution >= 0.6 is 0 Å². The third kappa shape index (κ3) is 4.79. The van der Waals surface area contributed by atoms with Crippen molar-refractivity contribution in [1.29, 1.82) is 5.26 Å². The highest BCUT2D eigenvalue weighted by molar-refractivity contribution is 5.68. The van der Waals surface area contributed by atoms with Crippen molar-refractivity contribution in [2.24, 2.45) is 0 Å². The molecule has 0 N–H and O–H groups in total. The summed E-state index contributed by atoms with van der Waals surface area (Å²) < 4.78 is 16.7. The Bertz CT molecular complexity index is 623. The van der Waals surface area contributed by atoms with Crippen molar-refractivity contribution in [1.82, 2.24) is 4.90 Å². The summed E-state index contributed by atoms with van der Waals surface area (Å²) in [6.45, 7) is 6.77. The highest BCUT2D eigenvalue weighted by Crippen LogP contribution is 2.30. The lowest BCUT2D eigenvalue weighted by Crippen LogP contribution is -2.44. The molecule has 1 aliphatic rings. The zero-order valence-corrected chi connectivity index (χ0v) is 14.7. The Balaban J connectivity index is 1.92. The van der Waals surface area contributed by atoms with E-state index in [-0.39, 0.29) is 12.2 Å². The second-order valence-corrected chi connectivity index (χ2v) is 6.76. The molecule has 1 amide bonds. The third-order valence-electron chi connectivity index (χ3n) is 3.68. The highest BCUT2D eigenvalue weighted by atomic mass is 16.6. The van der Waals surface area contributed by atoms with E-state index in [1.54, 1.807) is 30.2 Å². The van der Waals surface area contributed by atoms with Gasteiger partial charge in [-0.05, 0) is 32.9 Å². The Hall–Kier alpha value is -2.42. The maximum atomic E-state index is 12.1. The first-order chi connectivity index (χ1) is 11.3. The summed E-state index contributed by atoms with van der Waals surface area (Å²) in [5, 5.41) is 8.94. The molecule has 1 aliphatic heterocycles. The van der Waals surface area contributed by atoms with Gasteiger partial charge < -0.3 is 19.1 Å². The number of benzene rings is 1. The fourth-order valence-electron chi connectivity index (χ4n) is 2.50. The number of amides is 1. The van der Waals surface area contributed by atoms with E-state index in [2.05, 4.69) is 6.07 Å². The first-order valence-electron chi connectivity index (χ1n) is 8.05. The molecule has 1 heterocycles. The molecule has 6 heteroatoms. The van der Waals surface area contributed by atoms with Crippen molar-refractivity contribution < 1.29 is 19.0 Å². The van der Waals surface area contributed by atoms with Gasteiger partial charge in [0.05, 0.1) is 18.7 Å². The van der Waals surface area contributed by atoms with Crippen LogP contribution in [0.2, 0.25) is 0 Å². The minimum Gasteiger partial charge on any atom is -0.493 e. The van der Waals surface area contributed by atoms with Crippen LogP contribution in [-0.4, -0.2) is 42.9 Å². The minimum absolute atomic E-state index is 0.00511. The van der Waals surface area contributed by atoms with Crippen LogP contribution < -0.4 is 9.47 Å². The van der Waals surface area contributed by atoms with Gasteiger partial charge in [0.25, 0.3) is 0 Å². The molecule has 0 aliphatic carbocycles. The van der Waals surface area contributed by atoms with Crippen molar-refractivity contribution in [2.75, 3.05) is 20.2 Å². The molecule has 130 valence electrons. The third-order valence-corrected chi connectivity index (χ3v) is 3.68. The van der Waals surface area contributed by atoms with Crippen molar-refractivity contribution in [2.45, 2.75) is 45.3 Å². The summed E-state index contributed by atoms with van der Waals surface area (Å²) in [6.07, 6.45) is 1.17. The second kappa shape index (κ2) is 7.43. The van der Waals surface area contributed by atoms with Crippen molar-refractivity contribution in [3.8, 4) is 17.6 Å². The van der Waals surface area contributed by atoms with Gasteiger partial charge in [-0.1, -0.05) is 0 Å². The summed E-state index contributed by atoms with van der Waals surface area (Å²) in [6, 6.07) is 7.18. The molecular formula is C18H24N2O4. The van der Waals surface area contributed by atoms with E-state index in [1.165, 1.54) is 0 Å². The number of carbonyl (C=O) groups excluding carboxylic acids is 1. The average molecular weight is 332 g/mol. The maximum Gasteiger partial charge on any atom is 0.410 e. The number of ether oxygens (including phenoxy) is 3. The first-order valence-corrected chi connectivity index (χ1v) is 8.05. The quantitative estimate of drug-likeness (QED) is 0.849. The molecule has 24 heavy (non-hydrogen) atoms. The van der Waals surface area contributed by atoms with Crippen molar-refractivity contribution in [3.05, 3.63) is 23.8 Å². The first kappa shape index (κ1) is 17.9. The Morgan fingerprint density at radius 3 is 2.46 bits per heavy atom. The fourth-order valence-corrected chi connectivity index (χ4v) is 2.50. The maximum absolute atomic E-state index is 12.1. The van der Waals surface area contributed by atoms with Gasteiger partial charge >= 0.3 is 6.09 Å². The predicted octanol–water partition coefficient (Wildman–Crippen LogP) is 3.35. The molecule has 0 unspecified atom stereocenters. The number of methoxy groups -OCH3 is 1. The number of nitriles is 1. The largest absolute Gasteiger partial charge is 0.493 e. The molecule has 0 spiro atoms. The van der Waals surface area contributed by atoms with Crippen molar-refractivity contribution >= 4 is 6.09 Å². The molecule has 1 fully saturated rings. The van der Waals surface area contributed by atoms with Gasteiger partial charge in [-0.3, -0.25) is 0 Å². The molecule has 1 aromatic rings. The molecule has 1 aromatic carbocycles. The van der Waals surface area contributed by atoms with Crippen molar-refractivity contribution in [3.63, 3.8) is 0 Å². The van der Waals surface area contributed by atoms with E-state index in [4.69, 9.17) is 19.5 Å². The van der Waals surface area contributed by atoms with Crippen LogP contribution in [0.5, 0.6) is 11.5 Å². The van der Waals surface area contributed by atoms with Crippen LogP contribution in [0.4, 0.5) is 4.79 Å². The Labute approximate surface area is 142 Å². The normalized spacial score (nSPS) is 15.5. The Morgan fingerprint density at radius 1 is 1.25 bits per heavy atom. The summed E-state index contributed by atoms with van der Waals surface area (Å²) >= 11 is 0. The van der Waals surface area contributed by atoms with E-state index < -0.39 is 5.60 Å². The van der Waals surface area contributed by atoms with Crippen LogP contribution in [0, 0.1) is 11.3 Å². The number of piperidine rings is 1. The smallest absolute Gasteiger partial charge is 0.410 e. The van der Waals surface area contributed by atoms with E-state index in [0.29, 0.717) is 30.2 Å². The van der Waals surface area contributed by atoms with E-state index in [1.807, 2.05) is 20.8 Å². The summed E-state index contributed by atoms with van der Waals surface area (Å²) in [4.78, 5) is 13.8. The summed E-state index contributed by atoms with van der Waals surface area (Å²) in [5.74, 6) is 1.16. The van der Waals surface area contributed by atoms with Gasteiger partial charge in [0.1, 0.15) is 11.7 Å². The SMILES string of the molecule is COc1cc(C#N)ccc1OC1CCN(C(=O)OC(C)(C)C)CC1. The number of hydrogen-bond donors (Lipinski definition) is 0. The number of likely N-dealkylation sites (tertiary alicyclic amines) is 1. The number of hydrogen-bond acceptors (Lipinski definition) is 5. The number of rotatable bonds is 3. The molecule has 0 aromatic heterocycles. The van der Waals surface area contributed by atoms with Crippen LogP contribution in [0.25, 0.3) is 0 Å². The predicted molar refractivity (Wildman–Crippen MR) is 89.2 cm³/mol. The van der Waals surface area contributed by atoms with Gasteiger partial charge in [-0.15, -0.1) is 0 Å². The Morgan fingerprint density at radius 2 is 1.92 bits per heavy atom. The number of nitrogens with zero attached hydrogens (tertiary/aromatic N) is 2. The molecule has 1 saturated heterocycles. The molecule has 0 radical (unpaired) electrons. The molecule has 2 rings (SSSR count). The zero-order chi connectivity index (χ0) is 17.7. The molecule has 0 atom stereocenters. The fraction of sp³-hybridized carbons (Fsp3) is 0.556. The zero-order valence-electron chi connectivity index (χ0n) is 14.7. The number of carbonyl (C=O) groups is 1. The highest BCUT2D eigenvalue weighted by Gasteiger charge is 2.28. The lowest BCUT2D eigenvalue weighted by atomic mass is 10.1. The lowest BCUT2D eigenvalue weighted by molar-refractivity contribution is 0.0124. The molecule has 0 saturated carbocycles. The standard InChI is InChI=1S/C18H24N2O4/c1-18(2,3)24-17(21)20-9-7-14(8-10-20)23-15-6-5-13(12-19)11-16(15)22-4/h5-6,11,14H,7-10H2,1-4H3. The van der Waals surface area contributed by atoms with Gasteiger partial charge in [-0.2, -0.15) is 5.26 Å². The molecule has 6 nitrogen and oxygen atoms in total. The second-order valence-electron chi connectivity index (χ2n) is 6.76. The monoisotopic (exact) mass is 332 g/mol. The van der Waals surface area contributed by atoms with Gasteiger partial charge in [-0.25, -0.2) is 4.79 Å². The summed E-state index contributed by atoms with van der Waals surface area (Å²) in [5.41, 5.74) is 0.0410. The van der Waals surface area contributed by atoms with E-state index >= 15 is 0 Å². The summed E-state index contributed by atoms with van der Waals surface area (Å²) in [7, 11) is 1.55. The topological polar surface area (TPSA) is 71.8 Å². The van der Waals surface area contributed by atoms with E-state index in [9.17, 15) is 4.79 Å². The van der Waals surface area contributed by atoms with Crippen LogP contribution in [-0.2, 0) is 4.74 Å². The molecular weight excluding hydrogens is 308 g/mol. The lowest BCUT2D eigenvalue weighted by Gasteiger charge is -2.33.